The third-order valence-electron chi connectivity index (χ3n) is 3.33. The molecule has 7 heteroatoms. The fourth-order valence-electron chi connectivity index (χ4n) is 2.19. The van der Waals surface area contributed by atoms with Crippen LogP contribution in [0.1, 0.15) is 37.0 Å². The lowest BCUT2D eigenvalue weighted by atomic mass is 10.1. The van der Waals surface area contributed by atoms with Gasteiger partial charge in [0, 0.05) is 17.8 Å². The van der Waals surface area contributed by atoms with Gasteiger partial charge in [-0.1, -0.05) is 37.7 Å². The second-order valence-corrected chi connectivity index (χ2v) is 6.95. The molecule has 0 spiro atoms. The van der Waals surface area contributed by atoms with Crippen molar-refractivity contribution >= 4 is 29.1 Å². The molecule has 0 aliphatic carbocycles. The molecule has 1 N–H and O–H groups in total. The Bertz CT molecular complexity index is 740. The van der Waals surface area contributed by atoms with Gasteiger partial charge in [-0.15, -0.1) is 10.2 Å². The van der Waals surface area contributed by atoms with E-state index in [-0.39, 0.29) is 17.4 Å². The molecular weight excluding hydrogens is 324 g/mol. The predicted molar refractivity (Wildman–Crippen MR) is 95.4 cm³/mol. The van der Waals surface area contributed by atoms with Crippen LogP contribution in [0.25, 0.3) is 0 Å². The molecule has 1 aromatic carbocycles. The van der Waals surface area contributed by atoms with E-state index in [4.69, 9.17) is 0 Å². The number of rotatable bonds is 7. The van der Waals surface area contributed by atoms with Crippen molar-refractivity contribution in [1.29, 1.82) is 0 Å². The summed E-state index contributed by atoms with van der Waals surface area (Å²) in [4.78, 5) is 23.5. The quantitative estimate of drug-likeness (QED) is 0.615. The van der Waals surface area contributed by atoms with Crippen molar-refractivity contribution in [3.8, 4) is 0 Å². The number of carbonyl (C=O) groups is 2. The number of benzene rings is 1. The number of hydrogen-bond donors (Lipinski definition) is 1. The average Bonchev–Trinajstić information content (AvgIpc) is 2.85. The molecule has 128 valence electrons. The van der Waals surface area contributed by atoms with Gasteiger partial charge in [-0.3, -0.25) is 9.59 Å². The number of carbonyl (C=O) groups excluding carboxylic acids is 2. The lowest BCUT2D eigenvalue weighted by Gasteiger charge is -2.10. The predicted octanol–water partition coefficient (Wildman–Crippen LogP) is 3.18. The second-order valence-electron chi connectivity index (χ2n) is 6.01. The Morgan fingerprint density at radius 1 is 1.29 bits per heavy atom. The molecule has 0 saturated heterocycles. The minimum Gasteiger partial charge on any atom is -0.325 e. The third-order valence-corrected chi connectivity index (χ3v) is 4.30. The van der Waals surface area contributed by atoms with Gasteiger partial charge in [0.2, 0.25) is 5.91 Å². The molecule has 1 heterocycles. The van der Waals surface area contributed by atoms with Crippen molar-refractivity contribution in [3.05, 3.63) is 35.7 Å². The highest BCUT2D eigenvalue weighted by atomic mass is 32.2. The van der Waals surface area contributed by atoms with Crippen LogP contribution < -0.4 is 5.32 Å². The number of nitrogens with zero attached hydrogens (tertiary/aromatic N) is 3. The van der Waals surface area contributed by atoms with Crippen molar-refractivity contribution in [2.45, 2.75) is 39.4 Å². The summed E-state index contributed by atoms with van der Waals surface area (Å²) in [5.74, 6) is 1.39. The first-order chi connectivity index (χ1) is 11.4. The first-order valence-electron chi connectivity index (χ1n) is 7.80. The van der Waals surface area contributed by atoms with Gasteiger partial charge in [-0.2, -0.15) is 0 Å². The van der Waals surface area contributed by atoms with Gasteiger partial charge in [0.15, 0.2) is 10.9 Å². The lowest BCUT2D eigenvalue weighted by Crippen LogP contribution is -2.15. The van der Waals surface area contributed by atoms with Gasteiger partial charge >= 0.3 is 0 Å². The molecule has 1 amide bonds. The maximum atomic E-state index is 12.1. The van der Waals surface area contributed by atoms with Crippen LogP contribution in [-0.4, -0.2) is 32.2 Å². The summed E-state index contributed by atoms with van der Waals surface area (Å²) in [5.41, 5.74) is 1.20. The molecule has 0 radical (unpaired) electrons. The van der Waals surface area contributed by atoms with E-state index in [1.807, 2.05) is 11.5 Å². The second kappa shape index (κ2) is 8.10. The van der Waals surface area contributed by atoms with Crippen molar-refractivity contribution in [2.75, 3.05) is 11.1 Å². The minimum atomic E-state index is -0.141. The minimum absolute atomic E-state index is 0.0299. The van der Waals surface area contributed by atoms with Crippen molar-refractivity contribution in [3.63, 3.8) is 0 Å². The van der Waals surface area contributed by atoms with Crippen LogP contribution in [0.4, 0.5) is 5.69 Å². The summed E-state index contributed by atoms with van der Waals surface area (Å²) < 4.78 is 2.03. The number of aromatic nitrogens is 3. The highest BCUT2D eigenvalue weighted by molar-refractivity contribution is 7.99. The van der Waals surface area contributed by atoms with Crippen molar-refractivity contribution < 1.29 is 9.59 Å². The fraction of sp³-hybridized carbons (Fsp3) is 0.412. The molecule has 2 rings (SSSR count). The van der Waals surface area contributed by atoms with E-state index in [1.165, 1.54) is 18.7 Å². The van der Waals surface area contributed by atoms with Gasteiger partial charge in [-0.25, -0.2) is 0 Å². The summed E-state index contributed by atoms with van der Waals surface area (Å²) in [6, 6.07) is 6.92. The number of hydrogen-bond acceptors (Lipinski definition) is 5. The van der Waals surface area contributed by atoms with E-state index in [2.05, 4.69) is 29.4 Å². The Labute approximate surface area is 146 Å². The number of Topliss-reactive ketones (excluding diaryl/α,β-unsaturated/α-hetero) is 1. The smallest absolute Gasteiger partial charge is 0.234 e. The Hall–Kier alpha value is -2.15. The van der Waals surface area contributed by atoms with Gasteiger partial charge in [-0.05, 0) is 31.9 Å². The monoisotopic (exact) mass is 346 g/mol. The molecular formula is C17H22N4O2S. The van der Waals surface area contributed by atoms with E-state index in [0.717, 1.165) is 17.5 Å². The molecule has 0 atom stereocenters. The summed E-state index contributed by atoms with van der Waals surface area (Å²) in [6.45, 7) is 8.49. The SMILES string of the molecule is CC(=O)c1cccc(NC(=O)CSc2nnc(C)n2CC(C)C)c1. The van der Waals surface area contributed by atoms with E-state index in [9.17, 15) is 9.59 Å². The summed E-state index contributed by atoms with van der Waals surface area (Å²) in [6.07, 6.45) is 0. The molecule has 0 bridgehead atoms. The molecule has 0 aliphatic heterocycles. The molecule has 6 nitrogen and oxygen atoms in total. The van der Waals surface area contributed by atoms with Crippen LogP contribution in [0, 0.1) is 12.8 Å². The number of anilines is 1. The highest BCUT2D eigenvalue weighted by Crippen LogP contribution is 2.19. The first-order valence-corrected chi connectivity index (χ1v) is 8.79. The van der Waals surface area contributed by atoms with Crippen LogP contribution in [0.2, 0.25) is 0 Å². The van der Waals surface area contributed by atoms with Crippen LogP contribution in [0.5, 0.6) is 0 Å². The average molecular weight is 346 g/mol. The van der Waals surface area contributed by atoms with Crippen molar-refractivity contribution in [1.82, 2.24) is 14.8 Å². The summed E-state index contributed by atoms with van der Waals surface area (Å²) >= 11 is 1.36. The molecule has 0 fully saturated rings. The largest absolute Gasteiger partial charge is 0.325 e. The lowest BCUT2D eigenvalue weighted by molar-refractivity contribution is -0.113. The maximum Gasteiger partial charge on any atom is 0.234 e. The van der Waals surface area contributed by atoms with Crippen LogP contribution in [0.3, 0.4) is 0 Å². The number of thioether (sulfide) groups is 1. The zero-order valence-corrected chi connectivity index (χ0v) is 15.2. The topological polar surface area (TPSA) is 76.9 Å². The summed E-state index contributed by atoms with van der Waals surface area (Å²) in [5, 5.41) is 11.8. The third kappa shape index (κ3) is 4.92. The Morgan fingerprint density at radius 2 is 2.04 bits per heavy atom. The molecule has 24 heavy (non-hydrogen) atoms. The fourth-order valence-corrected chi connectivity index (χ4v) is 2.98. The maximum absolute atomic E-state index is 12.1. The summed E-state index contributed by atoms with van der Waals surface area (Å²) in [7, 11) is 0. The van der Waals surface area contributed by atoms with E-state index in [1.54, 1.807) is 24.3 Å². The standard InChI is InChI=1S/C17H22N4O2S/c1-11(2)9-21-13(4)19-20-17(21)24-10-16(23)18-15-7-5-6-14(8-15)12(3)22/h5-8,11H,9-10H2,1-4H3,(H,18,23). The molecule has 0 aliphatic rings. The zero-order valence-electron chi connectivity index (χ0n) is 14.4. The van der Waals surface area contributed by atoms with E-state index in [0.29, 0.717) is 17.2 Å². The Kier molecular flexibility index (Phi) is 6.14. The van der Waals surface area contributed by atoms with Gasteiger partial charge in [0.25, 0.3) is 0 Å². The first kappa shape index (κ1) is 18.2. The Balaban J connectivity index is 1.97. The van der Waals surface area contributed by atoms with Crippen LogP contribution in [-0.2, 0) is 11.3 Å². The van der Waals surface area contributed by atoms with Gasteiger partial charge in [0.05, 0.1) is 5.75 Å². The molecule has 0 unspecified atom stereocenters. The number of aryl methyl sites for hydroxylation is 1. The van der Waals surface area contributed by atoms with Gasteiger partial charge in [0.1, 0.15) is 5.82 Å². The Morgan fingerprint density at radius 3 is 2.71 bits per heavy atom. The van der Waals surface area contributed by atoms with E-state index < -0.39 is 0 Å². The molecule has 2 aromatic rings. The van der Waals surface area contributed by atoms with Crippen molar-refractivity contribution in [2.24, 2.45) is 5.92 Å². The normalized spacial score (nSPS) is 10.9. The zero-order chi connectivity index (χ0) is 17.7. The van der Waals surface area contributed by atoms with E-state index >= 15 is 0 Å². The number of nitrogens with one attached hydrogen (secondary N) is 1. The van der Waals surface area contributed by atoms with Gasteiger partial charge < -0.3 is 9.88 Å². The molecule has 0 saturated carbocycles. The molecule has 1 aromatic heterocycles. The highest BCUT2D eigenvalue weighted by Gasteiger charge is 2.13. The number of amides is 1. The van der Waals surface area contributed by atoms with Crippen LogP contribution >= 0.6 is 11.8 Å². The van der Waals surface area contributed by atoms with Crippen LogP contribution in [0.15, 0.2) is 29.4 Å². The number of ketones is 1.